The van der Waals surface area contributed by atoms with Gasteiger partial charge in [0.2, 0.25) is 11.9 Å². The van der Waals surface area contributed by atoms with E-state index in [-0.39, 0.29) is 18.1 Å². The van der Waals surface area contributed by atoms with Crippen LogP contribution in [0.3, 0.4) is 0 Å². The van der Waals surface area contributed by atoms with Crippen molar-refractivity contribution in [3.63, 3.8) is 0 Å². The summed E-state index contributed by atoms with van der Waals surface area (Å²) in [7, 11) is 0. The molecule has 2 atom stereocenters. The van der Waals surface area contributed by atoms with E-state index in [2.05, 4.69) is 37.5 Å². The highest BCUT2D eigenvalue weighted by molar-refractivity contribution is 5.99. The second-order valence-corrected chi connectivity index (χ2v) is 8.24. The highest BCUT2D eigenvalue weighted by Gasteiger charge is 2.27. The van der Waals surface area contributed by atoms with Gasteiger partial charge in [0.15, 0.2) is 0 Å². The maximum atomic E-state index is 11.7. The zero-order valence-electron chi connectivity index (χ0n) is 19.5. The summed E-state index contributed by atoms with van der Waals surface area (Å²) in [6.45, 7) is 5.36. The van der Waals surface area contributed by atoms with Gasteiger partial charge in [-0.2, -0.15) is 0 Å². The summed E-state index contributed by atoms with van der Waals surface area (Å²) in [4.78, 5) is 30.0. The third-order valence-corrected chi connectivity index (χ3v) is 5.86. The van der Waals surface area contributed by atoms with Crippen molar-refractivity contribution in [2.24, 2.45) is 5.73 Å². The molecule has 182 valence electrons. The monoisotopic (exact) mass is 482 g/mol. The fourth-order valence-electron chi connectivity index (χ4n) is 4.10. The van der Waals surface area contributed by atoms with Crippen molar-refractivity contribution >= 4 is 34.1 Å². The van der Waals surface area contributed by atoms with E-state index < -0.39 is 0 Å². The number of nitrogens with zero attached hydrogens (tertiary/aromatic N) is 4. The molecule has 0 aliphatic carbocycles. The van der Waals surface area contributed by atoms with Gasteiger partial charge in [-0.15, -0.1) is 0 Å². The Hall–Kier alpha value is -4.25. The third kappa shape index (κ3) is 5.05. The first-order valence-corrected chi connectivity index (χ1v) is 11.6. The van der Waals surface area contributed by atoms with E-state index in [1.54, 1.807) is 30.7 Å². The molecule has 10 nitrogen and oxygen atoms in total. The number of amides is 1. The number of nitrogens with two attached hydrogens (primary N) is 1. The number of nitrogens with one attached hydrogen (secondary N) is 3. The lowest BCUT2D eigenvalue weighted by Gasteiger charge is -2.31. The van der Waals surface area contributed by atoms with Crippen LogP contribution >= 0.6 is 0 Å². The number of benzene rings is 1. The molecule has 2 unspecified atom stereocenters. The Balaban J connectivity index is 1.40. The van der Waals surface area contributed by atoms with E-state index in [0.29, 0.717) is 30.5 Å². The SMILES string of the molecule is C=CC(=O)Nc1ccnc(-c2cccc3cnc(Nc4ccc(C5OCCNC5CN)nc4)nc23)c1. The number of fused-ring (bicyclic) bond motifs is 1. The molecule has 0 radical (unpaired) electrons. The fraction of sp³-hybridized carbons (Fsp3) is 0.192. The van der Waals surface area contributed by atoms with Crippen molar-refractivity contribution < 1.29 is 9.53 Å². The Morgan fingerprint density at radius 2 is 2.08 bits per heavy atom. The van der Waals surface area contributed by atoms with E-state index in [0.717, 1.165) is 34.4 Å². The van der Waals surface area contributed by atoms with E-state index >= 15 is 0 Å². The number of pyridine rings is 2. The number of hydrogen-bond acceptors (Lipinski definition) is 9. The number of ether oxygens (including phenoxy) is 1. The van der Waals surface area contributed by atoms with Gasteiger partial charge in [0.05, 0.1) is 41.4 Å². The third-order valence-electron chi connectivity index (χ3n) is 5.86. The predicted molar refractivity (Wildman–Crippen MR) is 139 cm³/mol. The topological polar surface area (TPSA) is 140 Å². The van der Waals surface area contributed by atoms with Crippen molar-refractivity contribution in [1.82, 2.24) is 25.3 Å². The fourth-order valence-corrected chi connectivity index (χ4v) is 4.10. The average Bonchev–Trinajstić information content (AvgIpc) is 2.93. The summed E-state index contributed by atoms with van der Waals surface area (Å²) >= 11 is 0. The number of rotatable bonds is 7. The molecule has 0 saturated carbocycles. The smallest absolute Gasteiger partial charge is 0.247 e. The van der Waals surface area contributed by atoms with Gasteiger partial charge in [0.1, 0.15) is 6.10 Å². The minimum Gasteiger partial charge on any atom is -0.369 e. The largest absolute Gasteiger partial charge is 0.369 e. The van der Waals surface area contributed by atoms with Crippen molar-refractivity contribution in [3.8, 4) is 11.3 Å². The lowest BCUT2D eigenvalue weighted by atomic mass is 10.1. The molecule has 0 bridgehead atoms. The van der Waals surface area contributed by atoms with Crippen LogP contribution in [0.1, 0.15) is 11.8 Å². The van der Waals surface area contributed by atoms with Crippen molar-refractivity contribution in [1.29, 1.82) is 0 Å². The molecular formula is C26H26N8O2. The van der Waals surface area contributed by atoms with Gasteiger partial charge in [-0.1, -0.05) is 24.8 Å². The van der Waals surface area contributed by atoms with Gasteiger partial charge >= 0.3 is 0 Å². The Labute approximate surface area is 208 Å². The summed E-state index contributed by atoms with van der Waals surface area (Å²) in [5, 5.41) is 10.2. The molecule has 1 aromatic carbocycles. The minimum atomic E-state index is -0.289. The first-order chi connectivity index (χ1) is 17.6. The number of anilines is 3. The van der Waals surface area contributed by atoms with Gasteiger partial charge in [-0.05, 0) is 30.3 Å². The maximum absolute atomic E-state index is 11.7. The van der Waals surface area contributed by atoms with Crippen LogP contribution in [0.25, 0.3) is 22.2 Å². The van der Waals surface area contributed by atoms with Gasteiger partial charge in [0, 0.05) is 42.1 Å². The number of para-hydroxylation sites is 1. The van der Waals surface area contributed by atoms with Crippen LogP contribution in [0.4, 0.5) is 17.3 Å². The zero-order chi connectivity index (χ0) is 24.9. The molecule has 1 saturated heterocycles. The Bertz CT molecular complexity index is 1390. The number of morpholine rings is 1. The van der Waals surface area contributed by atoms with Crippen LogP contribution in [0, 0.1) is 0 Å². The first kappa shape index (κ1) is 23.5. The second-order valence-electron chi connectivity index (χ2n) is 8.24. The van der Waals surface area contributed by atoms with Crippen molar-refractivity contribution in [3.05, 3.63) is 79.4 Å². The Kier molecular flexibility index (Phi) is 6.89. The highest BCUT2D eigenvalue weighted by atomic mass is 16.5. The van der Waals surface area contributed by atoms with Gasteiger partial charge in [-0.25, -0.2) is 9.97 Å². The number of carbonyl (C=O) groups is 1. The van der Waals surface area contributed by atoms with Crippen molar-refractivity contribution in [2.45, 2.75) is 12.1 Å². The summed E-state index contributed by atoms with van der Waals surface area (Å²) < 4.78 is 5.88. The summed E-state index contributed by atoms with van der Waals surface area (Å²) in [5.41, 5.74) is 10.3. The summed E-state index contributed by atoms with van der Waals surface area (Å²) in [5.74, 6) is 0.138. The van der Waals surface area contributed by atoms with Gasteiger partial charge < -0.3 is 26.4 Å². The van der Waals surface area contributed by atoms with E-state index in [9.17, 15) is 4.79 Å². The normalized spacial score (nSPS) is 17.5. The molecule has 1 aliphatic heterocycles. The molecule has 1 fully saturated rings. The Morgan fingerprint density at radius 1 is 1.17 bits per heavy atom. The van der Waals surface area contributed by atoms with E-state index in [1.165, 1.54) is 6.08 Å². The van der Waals surface area contributed by atoms with Crippen LogP contribution in [0.5, 0.6) is 0 Å². The molecule has 1 aliphatic rings. The van der Waals surface area contributed by atoms with Gasteiger partial charge in [0.25, 0.3) is 0 Å². The number of hydrogen-bond donors (Lipinski definition) is 4. The maximum Gasteiger partial charge on any atom is 0.247 e. The molecule has 5 rings (SSSR count). The van der Waals surface area contributed by atoms with Crippen molar-refractivity contribution in [2.75, 3.05) is 30.3 Å². The molecule has 5 N–H and O–H groups in total. The Morgan fingerprint density at radius 3 is 2.89 bits per heavy atom. The zero-order valence-corrected chi connectivity index (χ0v) is 19.5. The van der Waals surface area contributed by atoms with Crippen LogP contribution < -0.4 is 21.7 Å². The van der Waals surface area contributed by atoms with Crippen LogP contribution in [-0.2, 0) is 9.53 Å². The molecule has 4 heterocycles. The molecule has 0 spiro atoms. The van der Waals surface area contributed by atoms with Crippen LogP contribution in [0.2, 0.25) is 0 Å². The minimum absolute atomic E-state index is 0.0319. The standard InChI is InChI=1S/C26H26N8O2/c1-2-23(35)32-17-8-9-28-21(12-17)19-5-3-4-16-14-31-26(34-24(16)19)33-18-6-7-20(30-15-18)25-22(13-27)29-10-11-36-25/h2-9,12,14-15,22,25,29H,1,10-11,13,27H2,(H,28,32,35)(H,31,33,34). The van der Waals surface area contributed by atoms with Crippen LogP contribution in [-0.4, -0.2) is 51.6 Å². The summed E-state index contributed by atoms with van der Waals surface area (Å²) in [6.07, 6.45) is 6.17. The highest BCUT2D eigenvalue weighted by Crippen LogP contribution is 2.29. The predicted octanol–water partition coefficient (Wildman–Crippen LogP) is 2.94. The molecule has 10 heteroatoms. The van der Waals surface area contributed by atoms with Crippen LogP contribution in [0.15, 0.2) is 73.7 Å². The molecule has 36 heavy (non-hydrogen) atoms. The summed E-state index contributed by atoms with van der Waals surface area (Å²) in [6, 6.07) is 13.2. The quantitative estimate of drug-likeness (QED) is 0.293. The van der Waals surface area contributed by atoms with E-state index in [4.69, 9.17) is 15.5 Å². The molecule has 3 aromatic heterocycles. The van der Waals surface area contributed by atoms with Gasteiger partial charge in [-0.3, -0.25) is 14.8 Å². The number of carbonyl (C=O) groups excluding carboxylic acids is 1. The average molecular weight is 483 g/mol. The first-order valence-electron chi connectivity index (χ1n) is 11.6. The molecular weight excluding hydrogens is 456 g/mol. The molecule has 4 aromatic rings. The lowest BCUT2D eigenvalue weighted by molar-refractivity contribution is -0.111. The van der Waals surface area contributed by atoms with E-state index in [1.807, 2.05) is 30.3 Å². The number of aromatic nitrogens is 4. The lowest BCUT2D eigenvalue weighted by Crippen LogP contribution is -2.48. The second kappa shape index (κ2) is 10.6. The molecule has 1 amide bonds.